The molecule has 7 nitrogen and oxygen atoms in total. The Kier molecular flexibility index (Phi) is 5.61. The summed E-state index contributed by atoms with van der Waals surface area (Å²) >= 11 is 6.07. The number of carbonyl (C=O) groups is 1. The summed E-state index contributed by atoms with van der Waals surface area (Å²) in [6.45, 7) is 2.45. The minimum absolute atomic E-state index is 0.108. The standard InChI is InChI=1S/C19H19ClN4O3/c1-4-21-18(25)11-5-7-12(8-6-11)22-17-13-9-15(26-2)16(27-3)10-14(13)23-19(20)24-17/h5-10H,4H2,1-3H3,(H,21,25)(H,22,23,24). The third-order valence-corrected chi connectivity index (χ3v) is 4.09. The highest BCUT2D eigenvalue weighted by Gasteiger charge is 2.13. The Labute approximate surface area is 161 Å². The molecule has 1 aromatic heterocycles. The van der Waals surface area contributed by atoms with Crippen molar-refractivity contribution < 1.29 is 14.3 Å². The van der Waals surface area contributed by atoms with E-state index >= 15 is 0 Å². The van der Waals surface area contributed by atoms with Crippen LogP contribution in [0, 0.1) is 0 Å². The average molecular weight is 387 g/mol. The van der Waals surface area contributed by atoms with Crippen LogP contribution >= 0.6 is 11.6 Å². The number of amides is 1. The molecule has 0 unspecified atom stereocenters. The lowest BCUT2D eigenvalue weighted by molar-refractivity contribution is 0.0956. The SMILES string of the molecule is CCNC(=O)c1ccc(Nc2nc(Cl)nc3cc(OC)c(OC)cc23)cc1. The van der Waals surface area contributed by atoms with Gasteiger partial charge in [-0.25, -0.2) is 4.98 Å². The highest BCUT2D eigenvalue weighted by Crippen LogP contribution is 2.35. The summed E-state index contributed by atoms with van der Waals surface area (Å²) in [4.78, 5) is 20.4. The largest absolute Gasteiger partial charge is 0.493 e. The van der Waals surface area contributed by atoms with Crippen LogP contribution in [0.4, 0.5) is 11.5 Å². The Bertz CT molecular complexity index is 977. The fourth-order valence-electron chi connectivity index (χ4n) is 2.63. The number of hydrogen-bond acceptors (Lipinski definition) is 6. The number of fused-ring (bicyclic) bond motifs is 1. The van der Waals surface area contributed by atoms with Crippen LogP contribution in [0.2, 0.25) is 5.28 Å². The van der Waals surface area contributed by atoms with E-state index in [4.69, 9.17) is 21.1 Å². The lowest BCUT2D eigenvalue weighted by Crippen LogP contribution is -2.22. The van der Waals surface area contributed by atoms with Crippen molar-refractivity contribution in [1.82, 2.24) is 15.3 Å². The van der Waals surface area contributed by atoms with Gasteiger partial charge in [0.15, 0.2) is 11.5 Å². The van der Waals surface area contributed by atoms with Crippen molar-refractivity contribution in [2.45, 2.75) is 6.92 Å². The Balaban J connectivity index is 1.97. The zero-order chi connectivity index (χ0) is 19.4. The molecule has 0 fully saturated rings. The van der Waals surface area contributed by atoms with Crippen LogP contribution in [0.1, 0.15) is 17.3 Å². The number of rotatable bonds is 6. The molecule has 0 spiro atoms. The smallest absolute Gasteiger partial charge is 0.251 e. The first kappa shape index (κ1) is 18.7. The van der Waals surface area contributed by atoms with Crippen molar-refractivity contribution >= 4 is 39.9 Å². The molecule has 0 saturated heterocycles. The number of carbonyl (C=O) groups excluding carboxylic acids is 1. The van der Waals surface area contributed by atoms with E-state index in [-0.39, 0.29) is 11.2 Å². The van der Waals surface area contributed by atoms with E-state index in [1.807, 2.05) is 6.92 Å². The third kappa shape index (κ3) is 4.03. The minimum atomic E-state index is -0.114. The van der Waals surface area contributed by atoms with Crippen LogP contribution in [0.5, 0.6) is 11.5 Å². The zero-order valence-corrected chi connectivity index (χ0v) is 15.9. The zero-order valence-electron chi connectivity index (χ0n) is 15.2. The van der Waals surface area contributed by atoms with E-state index in [1.54, 1.807) is 50.6 Å². The molecule has 1 amide bonds. The predicted molar refractivity (Wildman–Crippen MR) is 105 cm³/mol. The second kappa shape index (κ2) is 8.09. The number of benzene rings is 2. The fourth-order valence-corrected chi connectivity index (χ4v) is 2.80. The highest BCUT2D eigenvalue weighted by molar-refractivity contribution is 6.28. The number of ether oxygens (including phenoxy) is 2. The van der Waals surface area contributed by atoms with E-state index in [1.165, 1.54) is 0 Å². The maximum atomic E-state index is 11.9. The van der Waals surface area contributed by atoms with Gasteiger partial charge >= 0.3 is 0 Å². The molecule has 0 aliphatic heterocycles. The second-order valence-electron chi connectivity index (χ2n) is 5.63. The Hall–Kier alpha value is -3.06. The summed E-state index contributed by atoms with van der Waals surface area (Å²) in [6, 6.07) is 10.6. The van der Waals surface area contributed by atoms with Crippen molar-refractivity contribution in [3.05, 3.63) is 47.2 Å². The van der Waals surface area contributed by atoms with E-state index in [0.717, 1.165) is 11.1 Å². The van der Waals surface area contributed by atoms with E-state index < -0.39 is 0 Å². The van der Waals surface area contributed by atoms with E-state index in [0.29, 0.717) is 34.9 Å². The van der Waals surface area contributed by atoms with Crippen LogP contribution < -0.4 is 20.1 Å². The van der Waals surface area contributed by atoms with Crippen LogP contribution in [0.25, 0.3) is 10.9 Å². The maximum Gasteiger partial charge on any atom is 0.251 e. The molecule has 27 heavy (non-hydrogen) atoms. The Morgan fingerprint density at radius 1 is 1.07 bits per heavy atom. The molecule has 0 atom stereocenters. The number of nitrogens with one attached hydrogen (secondary N) is 2. The monoisotopic (exact) mass is 386 g/mol. The summed E-state index contributed by atoms with van der Waals surface area (Å²) in [5, 5.41) is 6.81. The first-order valence-corrected chi connectivity index (χ1v) is 8.68. The van der Waals surface area contributed by atoms with Gasteiger partial charge in [-0.3, -0.25) is 4.79 Å². The molecule has 2 aromatic carbocycles. The summed E-state index contributed by atoms with van der Waals surface area (Å²) < 4.78 is 10.7. The van der Waals surface area contributed by atoms with Gasteiger partial charge in [-0.05, 0) is 48.9 Å². The molecule has 3 rings (SSSR count). The van der Waals surface area contributed by atoms with Crippen LogP contribution in [0.3, 0.4) is 0 Å². The molecule has 0 aliphatic carbocycles. The maximum absolute atomic E-state index is 11.9. The normalized spacial score (nSPS) is 10.5. The van der Waals surface area contributed by atoms with E-state index in [9.17, 15) is 4.79 Å². The highest BCUT2D eigenvalue weighted by atomic mass is 35.5. The van der Waals surface area contributed by atoms with Gasteiger partial charge in [0.05, 0.1) is 19.7 Å². The Morgan fingerprint density at radius 3 is 2.37 bits per heavy atom. The average Bonchev–Trinajstić information content (AvgIpc) is 2.67. The number of anilines is 2. The molecular weight excluding hydrogens is 368 g/mol. The molecule has 8 heteroatoms. The van der Waals surface area contributed by atoms with Gasteiger partial charge in [-0.1, -0.05) is 0 Å². The van der Waals surface area contributed by atoms with Crippen molar-refractivity contribution in [1.29, 1.82) is 0 Å². The van der Waals surface area contributed by atoms with Gasteiger partial charge in [0.25, 0.3) is 5.91 Å². The predicted octanol–water partition coefficient (Wildman–Crippen LogP) is 3.79. The first-order valence-electron chi connectivity index (χ1n) is 8.30. The van der Waals surface area contributed by atoms with Gasteiger partial charge in [0.1, 0.15) is 5.82 Å². The topological polar surface area (TPSA) is 85.4 Å². The second-order valence-corrected chi connectivity index (χ2v) is 5.97. The van der Waals surface area contributed by atoms with E-state index in [2.05, 4.69) is 20.6 Å². The number of hydrogen-bond donors (Lipinski definition) is 2. The van der Waals surface area contributed by atoms with Gasteiger partial charge in [-0.15, -0.1) is 0 Å². The fraction of sp³-hybridized carbons (Fsp3) is 0.211. The third-order valence-electron chi connectivity index (χ3n) is 3.92. The molecule has 0 radical (unpaired) electrons. The number of nitrogens with zero attached hydrogens (tertiary/aromatic N) is 2. The molecule has 0 aliphatic rings. The molecular formula is C19H19ClN4O3. The van der Waals surface area contributed by atoms with Gasteiger partial charge < -0.3 is 20.1 Å². The van der Waals surface area contributed by atoms with Crippen LogP contribution in [-0.2, 0) is 0 Å². The van der Waals surface area contributed by atoms with Crippen LogP contribution in [-0.4, -0.2) is 36.6 Å². The molecule has 2 N–H and O–H groups in total. The molecule has 3 aromatic rings. The summed E-state index contributed by atoms with van der Waals surface area (Å²) in [5.74, 6) is 1.52. The van der Waals surface area contributed by atoms with Gasteiger partial charge in [0.2, 0.25) is 5.28 Å². The number of aromatic nitrogens is 2. The first-order chi connectivity index (χ1) is 13.0. The summed E-state index contributed by atoms with van der Waals surface area (Å²) in [7, 11) is 3.12. The molecule has 0 saturated carbocycles. The molecule has 0 bridgehead atoms. The quantitative estimate of drug-likeness (QED) is 0.627. The molecule has 1 heterocycles. The number of methoxy groups -OCH3 is 2. The van der Waals surface area contributed by atoms with Crippen molar-refractivity contribution in [2.75, 3.05) is 26.1 Å². The summed E-state index contributed by atoms with van der Waals surface area (Å²) in [5.41, 5.74) is 1.96. The van der Waals surface area contributed by atoms with Crippen molar-refractivity contribution in [2.24, 2.45) is 0 Å². The lowest BCUT2D eigenvalue weighted by atomic mass is 10.1. The van der Waals surface area contributed by atoms with Gasteiger partial charge in [-0.2, -0.15) is 4.98 Å². The van der Waals surface area contributed by atoms with Crippen molar-refractivity contribution in [3.8, 4) is 11.5 Å². The molecule has 140 valence electrons. The summed E-state index contributed by atoms with van der Waals surface area (Å²) in [6.07, 6.45) is 0. The van der Waals surface area contributed by atoms with Crippen LogP contribution in [0.15, 0.2) is 36.4 Å². The van der Waals surface area contributed by atoms with Crippen molar-refractivity contribution in [3.63, 3.8) is 0 Å². The lowest BCUT2D eigenvalue weighted by Gasteiger charge is -2.13. The van der Waals surface area contributed by atoms with Gasteiger partial charge in [0, 0.05) is 29.2 Å². The Morgan fingerprint density at radius 2 is 1.74 bits per heavy atom. The minimum Gasteiger partial charge on any atom is -0.493 e. The number of halogens is 1.